The van der Waals surface area contributed by atoms with Gasteiger partial charge in [-0.1, -0.05) is 32.0 Å². The van der Waals surface area contributed by atoms with Crippen LogP contribution >= 0.6 is 11.8 Å². The van der Waals surface area contributed by atoms with Gasteiger partial charge in [-0.25, -0.2) is 4.79 Å². The summed E-state index contributed by atoms with van der Waals surface area (Å²) in [6.07, 6.45) is 3.11. The smallest absolute Gasteiger partial charge is 0.446 e. The number of anilines is 1. The summed E-state index contributed by atoms with van der Waals surface area (Å²) < 4.78 is 38.6. The summed E-state index contributed by atoms with van der Waals surface area (Å²) in [4.78, 5) is 38.2. The van der Waals surface area contributed by atoms with Gasteiger partial charge in [-0.3, -0.25) is 9.59 Å². The highest BCUT2D eigenvalue weighted by molar-refractivity contribution is 8.00. The lowest BCUT2D eigenvalue weighted by Gasteiger charge is -2.60. The average Bonchev–Trinajstić information content (AvgIpc) is 2.87. The number of thioether (sulfide) groups is 1. The average molecular weight is 578 g/mol. The van der Waals surface area contributed by atoms with E-state index in [2.05, 4.69) is 24.5 Å². The summed E-state index contributed by atoms with van der Waals surface area (Å²) in [5, 5.41) is 14.1. The van der Waals surface area contributed by atoms with Gasteiger partial charge < -0.3 is 20.6 Å². The first-order valence-corrected chi connectivity index (χ1v) is 14.1. The molecule has 3 aliphatic carbocycles. The summed E-state index contributed by atoms with van der Waals surface area (Å²) in [6.45, 7) is 5.36. The second-order valence-corrected chi connectivity index (χ2v) is 12.3. The quantitative estimate of drug-likeness (QED) is 0.276. The lowest BCUT2D eigenvalue weighted by atomic mass is 9.45. The number of urea groups is 1. The number of amides is 3. The number of carbonyl (C=O) groups excluding carboxylic acids is 2. The van der Waals surface area contributed by atoms with E-state index in [0.29, 0.717) is 29.9 Å². The molecule has 2 unspecified atom stereocenters. The number of hydrogen-bond acceptors (Lipinski definition) is 4. The van der Waals surface area contributed by atoms with Crippen LogP contribution in [0.2, 0.25) is 0 Å². The van der Waals surface area contributed by atoms with E-state index in [9.17, 15) is 27.6 Å². The molecule has 0 aromatic heterocycles. The van der Waals surface area contributed by atoms with Crippen LogP contribution in [0, 0.1) is 23.2 Å². The summed E-state index contributed by atoms with van der Waals surface area (Å²) in [7, 11) is 0. The highest BCUT2D eigenvalue weighted by Gasteiger charge is 2.54. The van der Waals surface area contributed by atoms with Crippen molar-refractivity contribution in [1.82, 2.24) is 10.2 Å². The van der Waals surface area contributed by atoms with Gasteiger partial charge in [0.05, 0.1) is 6.42 Å². The summed E-state index contributed by atoms with van der Waals surface area (Å²) in [5.41, 5.74) is -2.75. The molecule has 0 spiro atoms. The highest BCUT2D eigenvalue weighted by atomic mass is 32.2. The Morgan fingerprint density at radius 2 is 1.82 bits per heavy atom. The molecule has 3 aliphatic rings. The first-order chi connectivity index (χ1) is 18.8. The van der Waals surface area contributed by atoms with Gasteiger partial charge in [0.1, 0.15) is 0 Å². The third kappa shape index (κ3) is 7.50. The van der Waals surface area contributed by atoms with E-state index in [4.69, 9.17) is 5.11 Å². The third-order valence-corrected chi connectivity index (χ3v) is 9.00. The molecule has 2 bridgehead atoms. The Kier molecular flexibility index (Phi) is 9.02. The minimum Gasteiger partial charge on any atom is -0.481 e. The Morgan fingerprint density at radius 1 is 1.10 bits per heavy atom. The van der Waals surface area contributed by atoms with Crippen molar-refractivity contribution in [1.29, 1.82) is 0 Å². The molecule has 0 aliphatic heterocycles. The van der Waals surface area contributed by atoms with E-state index in [1.807, 2.05) is 0 Å². The molecular formula is C29H34F3N3O4S. The van der Waals surface area contributed by atoms with Crippen molar-refractivity contribution in [3.63, 3.8) is 0 Å². The Morgan fingerprint density at radius 3 is 2.45 bits per heavy atom. The number of fused-ring (bicyclic) bond motifs is 2. The molecule has 0 radical (unpaired) electrons. The Bertz CT molecular complexity index is 1230. The van der Waals surface area contributed by atoms with Crippen molar-refractivity contribution < 1.29 is 32.7 Å². The molecule has 3 amide bonds. The van der Waals surface area contributed by atoms with Crippen LogP contribution in [0.3, 0.4) is 0 Å². The maximum Gasteiger partial charge on any atom is 0.446 e. The number of halogens is 3. The van der Waals surface area contributed by atoms with E-state index in [1.54, 1.807) is 35.2 Å². The molecule has 216 valence electrons. The SMILES string of the molecule is CC1(C)C2CC[C@H](CN(Cc3ccc(C(=O)NCCC(=O)O)cc3)C(=O)Nc3cccc(SC(F)(F)F)c3)C1C2. The fourth-order valence-electron chi connectivity index (χ4n) is 6.02. The largest absolute Gasteiger partial charge is 0.481 e. The fraction of sp³-hybridized carbons (Fsp3) is 0.483. The van der Waals surface area contributed by atoms with Crippen LogP contribution in [-0.4, -0.2) is 46.5 Å². The molecule has 0 saturated heterocycles. The number of rotatable bonds is 10. The van der Waals surface area contributed by atoms with Gasteiger partial charge >= 0.3 is 17.5 Å². The monoisotopic (exact) mass is 577 g/mol. The topological polar surface area (TPSA) is 98.7 Å². The van der Waals surface area contributed by atoms with Crippen LogP contribution in [0.1, 0.15) is 55.5 Å². The predicted molar refractivity (Wildman–Crippen MR) is 147 cm³/mol. The molecule has 7 nitrogen and oxygen atoms in total. The zero-order valence-electron chi connectivity index (χ0n) is 22.5. The van der Waals surface area contributed by atoms with Crippen LogP contribution in [0.5, 0.6) is 0 Å². The van der Waals surface area contributed by atoms with Crippen LogP contribution in [-0.2, 0) is 11.3 Å². The van der Waals surface area contributed by atoms with Crippen molar-refractivity contribution in [3.8, 4) is 0 Å². The van der Waals surface area contributed by atoms with E-state index in [-0.39, 0.29) is 53.2 Å². The van der Waals surface area contributed by atoms with Crippen LogP contribution < -0.4 is 10.6 Å². The van der Waals surface area contributed by atoms with Crippen LogP contribution in [0.25, 0.3) is 0 Å². The molecule has 0 heterocycles. The summed E-state index contributed by atoms with van der Waals surface area (Å²) in [6, 6.07) is 12.0. The van der Waals surface area contributed by atoms with Crippen LogP contribution in [0.4, 0.5) is 23.7 Å². The molecular weight excluding hydrogens is 543 g/mol. The van der Waals surface area contributed by atoms with Crippen molar-refractivity contribution in [2.75, 3.05) is 18.4 Å². The van der Waals surface area contributed by atoms with Gasteiger partial charge in [-0.15, -0.1) is 0 Å². The summed E-state index contributed by atoms with van der Waals surface area (Å²) >= 11 is -0.230. The molecule has 5 rings (SSSR count). The van der Waals surface area contributed by atoms with Gasteiger partial charge in [0.25, 0.3) is 5.91 Å². The normalized spacial score (nSPS) is 21.2. The minimum absolute atomic E-state index is 0.0105. The van der Waals surface area contributed by atoms with Crippen LogP contribution in [0.15, 0.2) is 53.4 Å². The number of nitrogens with one attached hydrogen (secondary N) is 2. The van der Waals surface area contributed by atoms with Gasteiger partial charge in [0.2, 0.25) is 0 Å². The second kappa shape index (κ2) is 12.1. The molecule has 3 fully saturated rings. The lowest BCUT2D eigenvalue weighted by Crippen LogP contribution is -2.55. The number of carboxylic acid groups (broad SMARTS) is 1. The molecule has 2 aromatic carbocycles. The van der Waals surface area contributed by atoms with E-state index in [0.717, 1.165) is 24.8 Å². The molecule has 3 N–H and O–H groups in total. The van der Waals surface area contributed by atoms with Crippen molar-refractivity contribution in [2.24, 2.45) is 23.2 Å². The van der Waals surface area contributed by atoms with E-state index in [1.165, 1.54) is 18.2 Å². The summed E-state index contributed by atoms with van der Waals surface area (Å²) in [5.74, 6) is 0.141. The Labute approximate surface area is 235 Å². The number of alkyl halides is 3. The fourth-order valence-corrected chi connectivity index (χ4v) is 6.62. The zero-order chi connectivity index (χ0) is 29.1. The minimum atomic E-state index is -4.43. The Balaban J connectivity index is 1.47. The number of aliphatic carboxylic acids is 1. The molecule has 3 saturated carbocycles. The molecule has 2 aromatic rings. The van der Waals surface area contributed by atoms with Gasteiger partial charge in [-0.2, -0.15) is 13.2 Å². The molecule has 3 atom stereocenters. The Hall–Kier alpha value is -3.21. The number of carboxylic acids is 1. The zero-order valence-corrected chi connectivity index (χ0v) is 23.3. The van der Waals surface area contributed by atoms with E-state index >= 15 is 0 Å². The van der Waals surface area contributed by atoms with E-state index < -0.39 is 17.5 Å². The molecule has 40 heavy (non-hydrogen) atoms. The van der Waals surface area contributed by atoms with Gasteiger partial charge in [-0.05, 0) is 90.1 Å². The van der Waals surface area contributed by atoms with Gasteiger partial charge in [0.15, 0.2) is 0 Å². The molecule has 11 heteroatoms. The third-order valence-electron chi connectivity index (χ3n) is 8.28. The standard InChI is InChI=1S/C29H34F3N3O4S/c1-28(2)21-11-10-20(24(28)14-21)17-35(27(39)34-22-4-3-5-23(15-22)40-29(30,31)32)16-18-6-8-19(9-7-18)26(38)33-13-12-25(36)37/h3-9,15,20-21,24H,10-14,16-17H2,1-2H3,(H,33,38)(H,34,39)(H,36,37)/t20-,21?,24?/m1/s1. The first kappa shape index (κ1) is 29.8. The number of carbonyl (C=O) groups is 3. The number of benzene rings is 2. The lowest BCUT2D eigenvalue weighted by molar-refractivity contribution is -0.136. The number of hydrogen-bond donors (Lipinski definition) is 3. The predicted octanol–water partition coefficient (Wildman–Crippen LogP) is 6.61. The maximum absolute atomic E-state index is 13.5. The van der Waals surface area contributed by atoms with Crippen molar-refractivity contribution >= 4 is 35.4 Å². The first-order valence-electron chi connectivity index (χ1n) is 13.3. The maximum atomic E-state index is 13.5. The second-order valence-electron chi connectivity index (χ2n) is 11.2. The van der Waals surface area contributed by atoms with Crippen molar-refractivity contribution in [3.05, 3.63) is 59.7 Å². The number of nitrogens with zero attached hydrogens (tertiary/aromatic N) is 1. The van der Waals surface area contributed by atoms with Crippen molar-refractivity contribution in [2.45, 2.75) is 56.5 Å². The highest BCUT2D eigenvalue weighted by Crippen LogP contribution is 2.61. The van der Waals surface area contributed by atoms with Gasteiger partial charge in [0, 0.05) is 35.8 Å².